The number of rotatable bonds is 3. The van der Waals surface area contributed by atoms with Gasteiger partial charge in [-0.15, -0.1) is 0 Å². The Balaban J connectivity index is 1.89. The number of hydrogen-bond acceptors (Lipinski definition) is 5. The average molecular weight is 396 g/mol. The molecule has 1 aliphatic carbocycles. The number of amides is 1. The van der Waals surface area contributed by atoms with Gasteiger partial charge in [0.05, 0.1) is 11.4 Å². The zero-order valence-corrected chi connectivity index (χ0v) is 17.4. The number of aromatic amines is 1. The van der Waals surface area contributed by atoms with E-state index in [0.717, 1.165) is 36.8 Å². The van der Waals surface area contributed by atoms with Crippen LogP contribution in [0.25, 0.3) is 0 Å². The Bertz CT molecular complexity index is 914. The summed E-state index contributed by atoms with van der Waals surface area (Å²) in [5.74, 6) is 0.416. The molecule has 1 aliphatic heterocycles. The van der Waals surface area contributed by atoms with Crippen LogP contribution in [0.5, 0.6) is 0 Å². The van der Waals surface area contributed by atoms with Crippen LogP contribution in [-0.2, 0) is 31.9 Å². The van der Waals surface area contributed by atoms with Crippen LogP contribution in [0.3, 0.4) is 0 Å². The van der Waals surface area contributed by atoms with Gasteiger partial charge in [0.2, 0.25) is 5.91 Å². The molecule has 0 aromatic carbocycles. The van der Waals surface area contributed by atoms with Crippen LogP contribution in [-0.4, -0.2) is 54.3 Å². The Morgan fingerprint density at radius 2 is 2.00 bits per heavy atom. The van der Waals surface area contributed by atoms with Crippen molar-refractivity contribution >= 4 is 15.7 Å². The predicted molar refractivity (Wildman–Crippen MR) is 104 cm³/mol. The quantitative estimate of drug-likeness (QED) is 0.832. The largest absolute Gasteiger partial charge is 0.342 e. The highest BCUT2D eigenvalue weighted by atomic mass is 32.2. The lowest BCUT2D eigenvalue weighted by Gasteiger charge is -2.40. The molecule has 1 aromatic heterocycles. The van der Waals surface area contributed by atoms with Crippen LogP contribution in [0.4, 0.5) is 0 Å². The van der Waals surface area contributed by atoms with Gasteiger partial charge in [-0.25, -0.2) is 13.4 Å². The SMILES string of the molecule is CC(C)(C)c1nc2c(c(=O)[nH]1)CCC21CCCN(C(=O)CCS(C)(=O)=O)C1. The fourth-order valence-corrected chi connectivity index (χ4v) is 4.72. The second kappa shape index (κ2) is 6.72. The Labute approximate surface area is 160 Å². The first-order valence-electron chi connectivity index (χ1n) is 9.51. The highest BCUT2D eigenvalue weighted by Crippen LogP contribution is 2.43. The van der Waals surface area contributed by atoms with E-state index in [1.54, 1.807) is 4.90 Å². The summed E-state index contributed by atoms with van der Waals surface area (Å²) in [5.41, 5.74) is 0.966. The topological polar surface area (TPSA) is 100 Å². The van der Waals surface area contributed by atoms with E-state index in [2.05, 4.69) is 4.98 Å². The number of hydrogen-bond donors (Lipinski definition) is 1. The Hall–Kier alpha value is -1.70. The highest BCUT2D eigenvalue weighted by molar-refractivity contribution is 7.90. The summed E-state index contributed by atoms with van der Waals surface area (Å²) in [6.07, 6.45) is 4.38. The van der Waals surface area contributed by atoms with Crippen molar-refractivity contribution < 1.29 is 13.2 Å². The number of sulfone groups is 1. The Morgan fingerprint density at radius 1 is 1.30 bits per heavy atom. The summed E-state index contributed by atoms with van der Waals surface area (Å²) < 4.78 is 22.8. The summed E-state index contributed by atoms with van der Waals surface area (Å²) >= 11 is 0. The number of fused-ring (bicyclic) bond motifs is 2. The lowest BCUT2D eigenvalue weighted by Crippen LogP contribution is -2.48. The first kappa shape index (κ1) is 20.0. The minimum absolute atomic E-state index is 0.0117. The normalized spacial score (nSPS) is 22.9. The third-order valence-electron chi connectivity index (χ3n) is 5.70. The van der Waals surface area contributed by atoms with E-state index in [1.807, 2.05) is 20.8 Å². The number of likely N-dealkylation sites (tertiary alicyclic amines) is 1. The lowest BCUT2D eigenvalue weighted by molar-refractivity contribution is -0.133. The second-order valence-electron chi connectivity index (χ2n) is 9.07. The van der Waals surface area contributed by atoms with Crippen molar-refractivity contribution in [3.8, 4) is 0 Å². The van der Waals surface area contributed by atoms with Crippen LogP contribution < -0.4 is 5.56 Å². The average Bonchev–Trinajstić information content (AvgIpc) is 2.90. The molecule has 2 aliphatic rings. The zero-order chi connectivity index (χ0) is 20.0. The molecule has 1 amide bonds. The minimum Gasteiger partial charge on any atom is -0.342 e. The van der Waals surface area contributed by atoms with E-state index in [0.29, 0.717) is 25.3 Å². The van der Waals surface area contributed by atoms with E-state index in [4.69, 9.17) is 4.98 Å². The molecular formula is C19H29N3O4S. The molecule has 27 heavy (non-hydrogen) atoms. The maximum Gasteiger partial charge on any atom is 0.254 e. The number of piperidine rings is 1. The molecular weight excluding hydrogens is 366 g/mol. The van der Waals surface area contributed by atoms with Gasteiger partial charge in [-0.2, -0.15) is 0 Å². The molecule has 0 saturated carbocycles. The molecule has 1 unspecified atom stereocenters. The van der Waals surface area contributed by atoms with Gasteiger partial charge in [0, 0.05) is 42.2 Å². The van der Waals surface area contributed by atoms with Crippen LogP contribution in [0.1, 0.15) is 63.5 Å². The number of nitrogens with zero attached hydrogens (tertiary/aromatic N) is 2. The maximum atomic E-state index is 12.6. The smallest absolute Gasteiger partial charge is 0.254 e. The lowest BCUT2D eigenvalue weighted by atomic mass is 9.77. The number of aromatic nitrogens is 2. The first-order chi connectivity index (χ1) is 12.4. The van der Waals surface area contributed by atoms with Crippen molar-refractivity contribution in [2.24, 2.45) is 0 Å². The van der Waals surface area contributed by atoms with E-state index in [-0.39, 0.29) is 34.5 Å². The van der Waals surface area contributed by atoms with Crippen LogP contribution in [0.15, 0.2) is 4.79 Å². The first-order valence-corrected chi connectivity index (χ1v) is 11.6. The van der Waals surface area contributed by atoms with Crippen molar-refractivity contribution in [1.82, 2.24) is 14.9 Å². The van der Waals surface area contributed by atoms with Gasteiger partial charge in [-0.3, -0.25) is 9.59 Å². The minimum atomic E-state index is -3.17. The van der Waals surface area contributed by atoms with Crippen LogP contribution in [0.2, 0.25) is 0 Å². The molecule has 1 spiro atoms. The summed E-state index contributed by atoms with van der Waals surface area (Å²) in [6, 6.07) is 0. The Kier molecular flexibility index (Phi) is 4.99. The van der Waals surface area contributed by atoms with Crippen LogP contribution in [0, 0.1) is 0 Å². The van der Waals surface area contributed by atoms with Gasteiger partial charge in [0.15, 0.2) is 0 Å². The maximum absolute atomic E-state index is 12.6. The Morgan fingerprint density at radius 3 is 2.63 bits per heavy atom. The van der Waals surface area contributed by atoms with E-state index in [1.165, 1.54) is 0 Å². The molecule has 150 valence electrons. The van der Waals surface area contributed by atoms with E-state index in [9.17, 15) is 18.0 Å². The fourth-order valence-electron chi connectivity index (χ4n) is 4.18. The predicted octanol–water partition coefficient (Wildman–Crippen LogP) is 1.31. The van der Waals surface area contributed by atoms with Crippen molar-refractivity contribution in [2.45, 2.75) is 63.7 Å². The van der Waals surface area contributed by atoms with Gasteiger partial charge in [-0.1, -0.05) is 20.8 Å². The molecule has 0 bridgehead atoms. The molecule has 1 aromatic rings. The molecule has 2 heterocycles. The molecule has 1 N–H and O–H groups in total. The van der Waals surface area contributed by atoms with Crippen molar-refractivity contribution in [3.05, 3.63) is 27.4 Å². The molecule has 1 atom stereocenters. The van der Waals surface area contributed by atoms with E-state index < -0.39 is 9.84 Å². The molecule has 1 fully saturated rings. The second-order valence-corrected chi connectivity index (χ2v) is 11.3. The number of nitrogens with one attached hydrogen (secondary N) is 1. The standard InChI is InChI=1S/C19H29N3O4S/c1-18(2,3)17-20-15-13(16(24)21-17)6-9-19(15)8-5-10-22(12-19)14(23)7-11-27(4,25)26/h5-12H2,1-4H3,(H,20,21,24). The zero-order valence-electron chi connectivity index (χ0n) is 16.6. The van der Waals surface area contributed by atoms with Crippen molar-refractivity contribution in [1.29, 1.82) is 0 Å². The van der Waals surface area contributed by atoms with Gasteiger partial charge >= 0.3 is 0 Å². The number of carbonyl (C=O) groups excluding carboxylic acids is 1. The van der Waals surface area contributed by atoms with Gasteiger partial charge in [-0.05, 0) is 25.7 Å². The molecule has 0 radical (unpaired) electrons. The third-order valence-corrected chi connectivity index (χ3v) is 6.64. The van der Waals surface area contributed by atoms with Crippen molar-refractivity contribution in [3.63, 3.8) is 0 Å². The molecule has 3 rings (SSSR count). The van der Waals surface area contributed by atoms with Gasteiger partial charge < -0.3 is 9.88 Å². The van der Waals surface area contributed by atoms with E-state index >= 15 is 0 Å². The monoisotopic (exact) mass is 395 g/mol. The summed E-state index contributed by atoms with van der Waals surface area (Å²) in [6.45, 7) is 7.20. The molecule has 1 saturated heterocycles. The molecule has 8 heteroatoms. The summed E-state index contributed by atoms with van der Waals surface area (Å²) in [5, 5.41) is 0. The van der Waals surface area contributed by atoms with Crippen LogP contribution >= 0.6 is 0 Å². The summed E-state index contributed by atoms with van der Waals surface area (Å²) in [4.78, 5) is 34.7. The summed E-state index contributed by atoms with van der Waals surface area (Å²) in [7, 11) is -3.17. The van der Waals surface area contributed by atoms with Gasteiger partial charge in [0.1, 0.15) is 15.7 Å². The third kappa shape index (κ3) is 4.10. The number of carbonyl (C=O) groups is 1. The highest BCUT2D eigenvalue weighted by Gasteiger charge is 2.46. The number of H-pyrrole nitrogens is 1. The fraction of sp³-hybridized carbons (Fsp3) is 0.737. The van der Waals surface area contributed by atoms with Crippen molar-refractivity contribution in [2.75, 3.05) is 25.1 Å². The molecule has 7 nitrogen and oxygen atoms in total. The van der Waals surface area contributed by atoms with Gasteiger partial charge in [0.25, 0.3) is 5.56 Å².